The smallest absolute Gasteiger partial charge is 0.269 e. The van der Waals surface area contributed by atoms with Crippen LogP contribution in [0.3, 0.4) is 0 Å². The molecule has 1 amide bonds. The van der Waals surface area contributed by atoms with Gasteiger partial charge in [0.05, 0.1) is 21.9 Å². The first-order chi connectivity index (χ1) is 13.0. The van der Waals surface area contributed by atoms with Gasteiger partial charge in [-0.1, -0.05) is 30.3 Å². The molecule has 0 spiro atoms. The van der Waals surface area contributed by atoms with Crippen LogP contribution in [0.4, 0.5) is 11.4 Å². The largest absolute Gasteiger partial charge is 0.308 e. The second-order valence-electron chi connectivity index (χ2n) is 6.47. The number of carbonyl (C=O) groups excluding carboxylic acids is 1. The van der Waals surface area contributed by atoms with Gasteiger partial charge >= 0.3 is 0 Å². The summed E-state index contributed by atoms with van der Waals surface area (Å²) in [4.78, 5) is 29.8. The third-order valence-corrected chi connectivity index (χ3v) is 4.80. The maximum Gasteiger partial charge on any atom is 0.269 e. The van der Waals surface area contributed by atoms with Crippen LogP contribution in [0.5, 0.6) is 0 Å². The Hall–Kier alpha value is -3.54. The number of hydrogen-bond acceptors (Lipinski definition) is 4. The summed E-state index contributed by atoms with van der Waals surface area (Å²) in [7, 11) is 0. The van der Waals surface area contributed by atoms with E-state index in [1.54, 1.807) is 23.1 Å². The van der Waals surface area contributed by atoms with Crippen molar-refractivity contribution in [3.8, 4) is 11.3 Å². The maximum absolute atomic E-state index is 13.0. The Morgan fingerprint density at radius 1 is 1.11 bits per heavy atom. The predicted octanol–water partition coefficient (Wildman–Crippen LogP) is 4.17. The molecule has 4 rings (SSSR count). The number of carbonyl (C=O) groups is 1. The molecule has 0 atom stereocenters. The van der Waals surface area contributed by atoms with E-state index in [1.165, 1.54) is 6.07 Å². The quantitative estimate of drug-likeness (QED) is 0.519. The molecule has 2 aromatic carbocycles. The summed E-state index contributed by atoms with van der Waals surface area (Å²) >= 11 is 0. The zero-order valence-corrected chi connectivity index (χ0v) is 14.8. The Morgan fingerprint density at radius 2 is 1.89 bits per heavy atom. The van der Waals surface area contributed by atoms with Crippen LogP contribution in [0.1, 0.15) is 21.6 Å². The number of aromatic nitrogens is 1. The molecule has 0 N–H and O–H groups in total. The van der Waals surface area contributed by atoms with Crippen LogP contribution in [0.25, 0.3) is 11.3 Å². The Kier molecular flexibility index (Phi) is 4.16. The highest BCUT2D eigenvalue weighted by Crippen LogP contribution is 2.32. The van der Waals surface area contributed by atoms with Crippen molar-refractivity contribution >= 4 is 17.3 Å². The summed E-state index contributed by atoms with van der Waals surface area (Å²) in [5.41, 5.74) is 4.63. The lowest BCUT2D eigenvalue weighted by Gasteiger charge is -2.18. The van der Waals surface area contributed by atoms with Crippen molar-refractivity contribution < 1.29 is 9.72 Å². The predicted molar refractivity (Wildman–Crippen MR) is 103 cm³/mol. The van der Waals surface area contributed by atoms with E-state index in [-0.39, 0.29) is 11.6 Å². The van der Waals surface area contributed by atoms with Crippen molar-refractivity contribution in [2.24, 2.45) is 0 Å². The second kappa shape index (κ2) is 6.64. The number of nitro benzene ring substituents is 1. The van der Waals surface area contributed by atoms with Gasteiger partial charge in [-0.3, -0.25) is 19.9 Å². The minimum atomic E-state index is -0.416. The van der Waals surface area contributed by atoms with Crippen molar-refractivity contribution in [2.75, 3.05) is 11.4 Å². The molecule has 1 aromatic heterocycles. The van der Waals surface area contributed by atoms with E-state index < -0.39 is 4.92 Å². The third kappa shape index (κ3) is 3.06. The first-order valence-electron chi connectivity index (χ1n) is 8.67. The average Bonchev–Trinajstić information content (AvgIpc) is 3.11. The van der Waals surface area contributed by atoms with E-state index in [0.717, 1.165) is 22.5 Å². The van der Waals surface area contributed by atoms with E-state index >= 15 is 0 Å². The monoisotopic (exact) mass is 359 g/mol. The Bertz CT molecular complexity index is 1050. The number of non-ortho nitro benzene ring substituents is 1. The van der Waals surface area contributed by atoms with Crippen LogP contribution in [0, 0.1) is 17.0 Å². The molecule has 0 saturated heterocycles. The fourth-order valence-electron chi connectivity index (χ4n) is 3.41. The number of anilines is 1. The van der Waals surface area contributed by atoms with Gasteiger partial charge in [-0.2, -0.15) is 0 Å². The number of fused-ring (bicyclic) bond motifs is 1. The highest BCUT2D eigenvalue weighted by atomic mass is 16.6. The topological polar surface area (TPSA) is 76.3 Å². The molecular weight excluding hydrogens is 342 g/mol. The van der Waals surface area contributed by atoms with Gasteiger partial charge in [0.2, 0.25) is 0 Å². The van der Waals surface area contributed by atoms with Crippen LogP contribution in [-0.4, -0.2) is 22.4 Å². The molecule has 0 fully saturated rings. The molecule has 3 aromatic rings. The average molecular weight is 359 g/mol. The zero-order chi connectivity index (χ0) is 19.0. The molecule has 1 aliphatic rings. The van der Waals surface area contributed by atoms with Crippen molar-refractivity contribution in [1.82, 2.24) is 4.98 Å². The SMILES string of the molecule is Cc1nc(-c2ccccc2)ccc1C(=O)N1CCc2cc([N+](=O)[O-])ccc21. The van der Waals surface area contributed by atoms with Gasteiger partial charge in [0.1, 0.15) is 0 Å². The maximum atomic E-state index is 13.0. The van der Waals surface area contributed by atoms with Crippen molar-refractivity contribution in [2.45, 2.75) is 13.3 Å². The summed E-state index contributed by atoms with van der Waals surface area (Å²) in [6.45, 7) is 2.34. The normalized spacial score (nSPS) is 12.7. The van der Waals surface area contributed by atoms with Gasteiger partial charge in [0.15, 0.2) is 0 Å². The van der Waals surface area contributed by atoms with Gasteiger partial charge in [-0.25, -0.2) is 0 Å². The highest BCUT2D eigenvalue weighted by molar-refractivity contribution is 6.08. The summed E-state index contributed by atoms with van der Waals surface area (Å²) in [5, 5.41) is 10.9. The summed E-state index contributed by atoms with van der Waals surface area (Å²) in [6, 6.07) is 18.1. The molecule has 27 heavy (non-hydrogen) atoms. The number of nitrogens with zero attached hydrogens (tertiary/aromatic N) is 3. The molecule has 0 bridgehead atoms. The Balaban J connectivity index is 1.64. The highest BCUT2D eigenvalue weighted by Gasteiger charge is 2.28. The fourth-order valence-corrected chi connectivity index (χ4v) is 3.41. The van der Waals surface area contributed by atoms with Crippen LogP contribution in [0.2, 0.25) is 0 Å². The fraction of sp³-hybridized carbons (Fsp3) is 0.143. The standard InChI is InChI=1S/C21H17N3O3/c1-14-18(8-9-19(22-14)15-5-3-2-4-6-15)21(25)23-12-11-16-13-17(24(26)27)7-10-20(16)23/h2-10,13H,11-12H2,1H3. The van der Waals surface area contributed by atoms with Gasteiger partial charge in [0, 0.05) is 29.9 Å². The van der Waals surface area contributed by atoms with Crippen LogP contribution >= 0.6 is 0 Å². The van der Waals surface area contributed by atoms with Crippen LogP contribution < -0.4 is 4.90 Å². The van der Waals surface area contributed by atoms with E-state index in [1.807, 2.05) is 43.3 Å². The third-order valence-electron chi connectivity index (χ3n) is 4.80. The lowest BCUT2D eigenvalue weighted by molar-refractivity contribution is -0.384. The number of benzene rings is 2. The summed E-state index contributed by atoms with van der Waals surface area (Å²) in [6.07, 6.45) is 0.608. The number of aryl methyl sites for hydroxylation is 1. The number of nitro groups is 1. The summed E-state index contributed by atoms with van der Waals surface area (Å²) < 4.78 is 0. The minimum absolute atomic E-state index is 0.0492. The molecule has 0 aliphatic carbocycles. The first kappa shape index (κ1) is 16.9. The van der Waals surface area contributed by atoms with Gasteiger partial charge in [-0.15, -0.1) is 0 Å². The van der Waals surface area contributed by atoms with Gasteiger partial charge in [0.25, 0.3) is 11.6 Å². The minimum Gasteiger partial charge on any atom is -0.308 e. The molecule has 0 radical (unpaired) electrons. The van der Waals surface area contributed by atoms with E-state index in [9.17, 15) is 14.9 Å². The lowest BCUT2D eigenvalue weighted by atomic mass is 10.1. The second-order valence-corrected chi connectivity index (χ2v) is 6.47. The Labute approximate surface area is 156 Å². The number of amides is 1. The molecule has 0 unspecified atom stereocenters. The van der Waals surface area contributed by atoms with Crippen LogP contribution in [0.15, 0.2) is 60.7 Å². The molecule has 0 saturated carbocycles. The van der Waals surface area contributed by atoms with E-state index in [0.29, 0.717) is 24.2 Å². The first-order valence-corrected chi connectivity index (χ1v) is 8.67. The van der Waals surface area contributed by atoms with Crippen LogP contribution in [-0.2, 0) is 6.42 Å². The molecule has 6 heteroatoms. The molecular formula is C21H17N3O3. The Morgan fingerprint density at radius 3 is 2.59 bits per heavy atom. The van der Waals surface area contributed by atoms with Gasteiger partial charge < -0.3 is 4.90 Å². The molecule has 1 aliphatic heterocycles. The molecule has 6 nitrogen and oxygen atoms in total. The van der Waals surface area contributed by atoms with Gasteiger partial charge in [-0.05, 0) is 37.1 Å². The number of pyridine rings is 1. The van der Waals surface area contributed by atoms with Crippen molar-refractivity contribution in [3.05, 3.63) is 87.6 Å². The van der Waals surface area contributed by atoms with Crippen molar-refractivity contribution in [1.29, 1.82) is 0 Å². The molecule has 2 heterocycles. The lowest BCUT2D eigenvalue weighted by Crippen LogP contribution is -2.29. The van der Waals surface area contributed by atoms with E-state index in [4.69, 9.17) is 0 Å². The van der Waals surface area contributed by atoms with Crippen molar-refractivity contribution in [3.63, 3.8) is 0 Å². The number of hydrogen-bond donors (Lipinski definition) is 0. The zero-order valence-electron chi connectivity index (χ0n) is 14.8. The van der Waals surface area contributed by atoms with E-state index in [2.05, 4.69) is 4.98 Å². The number of rotatable bonds is 3. The molecule has 134 valence electrons. The summed E-state index contributed by atoms with van der Waals surface area (Å²) in [5.74, 6) is -0.132.